The maximum atomic E-state index is 12.8. The number of phenolic OH excluding ortho intramolecular Hbond substituents is 1. The van der Waals surface area contributed by atoms with Crippen LogP contribution < -0.4 is 0 Å². The quantitative estimate of drug-likeness (QED) is 0.640. The van der Waals surface area contributed by atoms with Crippen molar-refractivity contribution in [2.24, 2.45) is 11.8 Å². The highest BCUT2D eigenvalue weighted by molar-refractivity contribution is 6.30. The van der Waals surface area contributed by atoms with Crippen LogP contribution in [0.3, 0.4) is 0 Å². The standard InChI is InChI=1S/C24H29ClO4/c1-15-9-11-19(24(2,3)16-7-5-4-6-8-16)21(13-15)29-23(28)22(27)18-14-17(25)10-12-20(18)26/h4-8,10,12,14-15,19,21-22,26-27H,9,11,13H2,1-3H3/t15-,19-,21-,22-/m1/s1. The van der Waals surface area contributed by atoms with E-state index < -0.39 is 12.1 Å². The lowest BCUT2D eigenvalue weighted by molar-refractivity contribution is -0.167. The minimum atomic E-state index is -1.58. The molecule has 156 valence electrons. The summed E-state index contributed by atoms with van der Waals surface area (Å²) in [7, 11) is 0. The number of aliphatic hydroxyl groups excluding tert-OH is 1. The van der Waals surface area contributed by atoms with Crippen molar-refractivity contribution in [3.8, 4) is 5.75 Å². The molecule has 0 bridgehead atoms. The Balaban J connectivity index is 1.82. The monoisotopic (exact) mass is 416 g/mol. The number of esters is 1. The molecule has 0 unspecified atom stereocenters. The highest BCUT2D eigenvalue weighted by Gasteiger charge is 2.42. The van der Waals surface area contributed by atoms with Gasteiger partial charge in [0.1, 0.15) is 11.9 Å². The van der Waals surface area contributed by atoms with E-state index in [1.807, 2.05) is 18.2 Å². The fourth-order valence-corrected chi connectivity index (χ4v) is 4.63. The lowest BCUT2D eigenvalue weighted by Crippen LogP contribution is -2.44. The van der Waals surface area contributed by atoms with Gasteiger partial charge in [0, 0.05) is 16.5 Å². The predicted molar refractivity (Wildman–Crippen MR) is 114 cm³/mol. The molecule has 0 saturated heterocycles. The van der Waals surface area contributed by atoms with Gasteiger partial charge in [0.2, 0.25) is 0 Å². The third kappa shape index (κ3) is 4.76. The molecule has 0 aromatic heterocycles. The Hall–Kier alpha value is -2.04. The number of hydrogen-bond donors (Lipinski definition) is 2. The van der Waals surface area contributed by atoms with Crippen molar-refractivity contribution in [3.63, 3.8) is 0 Å². The van der Waals surface area contributed by atoms with Crippen LogP contribution in [0.1, 0.15) is 57.3 Å². The van der Waals surface area contributed by atoms with Crippen LogP contribution in [0.5, 0.6) is 5.75 Å². The fraction of sp³-hybridized carbons (Fsp3) is 0.458. The van der Waals surface area contributed by atoms with Crippen LogP contribution in [0.25, 0.3) is 0 Å². The Bertz CT molecular complexity index is 849. The number of aromatic hydroxyl groups is 1. The highest BCUT2D eigenvalue weighted by Crippen LogP contribution is 2.44. The smallest absolute Gasteiger partial charge is 0.340 e. The summed E-state index contributed by atoms with van der Waals surface area (Å²) in [6, 6.07) is 14.5. The molecule has 29 heavy (non-hydrogen) atoms. The van der Waals surface area contributed by atoms with Crippen molar-refractivity contribution >= 4 is 17.6 Å². The first-order chi connectivity index (χ1) is 13.7. The SMILES string of the molecule is C[C@@H]1CC[C@@H](C(C)(C)c2ccccc2)[C@H](OC(=O)[C@H](O)c2cc(Cl)ccc2O)C1. The average Bonchev–Trinajstić information content (AvgIpc) is 2.69. The molecular weight excluding hydrogens is 388 g/mol. The molecule has 5 heteroatoms. The second-order valence-corrected chi connectivity index (χ2v) is 9.13. The van der Waals surface area contributed by atoms with Crippen molar-refractivity contribution in [1.82, 2.24) is 0 Å². The van der Waals surface area contributed by atoms with E-state index in [-0.39, 0.29) is 28.7 Å². The molecule has 0 aliphatic heterocycles. The summed E-state index contributed by atoms with van der Waals surface area (Å²) in [5, 5.41) is 20.8. The van der Waals surface area contributed by atoms with Gasteiger partial charge in [-0.3, -0.25) is 0 Å². The van der Waals surface area contributed by atoms with Crippen molar-refractivity contribution in [1.29, 1.82) is 0 Å². The number of phenols is 1. The molecule has 1 aliphatic rings. The summed E-state index contributed by atoms with van der Waals surface area (Å²) < 4.78 is 5.85. The lowest BCUT2D eigenvalue weighted by Gasteiger charge is -2.44. The van der Waals surface area contributed by atoms with E-state index in [2.05, 4.69) is 32.9 Å². The minimum Gasteiger partial charge on any atom is -0.508 e. The van der Waals surface area contributed by atoms with Crippen LogP contribution >= 0.6 is 11.6 Å². The normalized spacial score (nSPS) is 23.4. The summed E-state index contributed by atoms with van der Waals surface area (Å²) in [5.74, 6) is -0.370. The number of hydrogen-bond acceptors (Lipinski definition) is 4. The van der Waals surface area contributed by atoms with E-state index in [1.54, 1.807) is 0 Å². The largest absolute Gasteiger partial charge is 0.508 e. The number of carbonyl (C=O) groups is 1. The summed E-state index contributed by atoms with van der Waals surface area (Å²) in [6.45, 7) is 6.53. The second kappa shape index (κ2) is 8.76. The van der Waals surface area contributed by atoms with Gasteiger partial charge in [-0.05, 0) is 47.9 Å². The molecular formula is C24H29ClO4. The molecule has 0 spiro atoms. The van der Waals surface area contributed by atoms with Gasteiger partial charge >= 0.3 is 5.97 Å². The van der Waals surface area contributed by atoms with E-state index in [0.29, 0.717) is 10.9 Å². The van der Waals surface area contributed by atoms with E-state index >= 15 is 0 Å². The first-order valence-electron chi connectivity index (χ1n) is 10.1. The zero-order chi connectivity index (χ0) is 21.2. The molecule has 2 N–H and O–H groups in total. The first-order valence-corrected chi connectivity index (χ1v) is 10.5. The number of halogens is 1. The van der Waals surface area contributed by atoms with Gasteiger partial charge in [-0.2, -0.15) is 0 Å². The molecule has 3 rings (SSSR count). The van der Waals surface area contributed by atoms with Crippen molar-refractivity contribution < 1.29 is 19.7 Å². The fourth-order valence-electron chi connectivity index (χ4n) is 4.45. The van der Waals surface area contributed by atoms with Gasteiger partial charge in [-0.1, -0.05) is 69.1 Å². The third-order valence-corrected chi connectivity index (χ3v) is 6.51. The molecule has 2 aromatic rings. The Morgan fingerprint density at radius 1 is 1.17 bits per heavy atom. The average molecular weight is 417 g/mol. The highest BCUT2D eigenvalue weighted by atomic mass is 35.5. The van der Waals surface area contributed by atoms with Crippen LogP contribution in [0, 0.1) is 11.8 Å². The number of benzene rings is 2. The van der Waals surface area contributed by atoms with Gasteiger partial charge in [0.25, 0.3) is 0 Å². The Kier molecular flexibility index (Phi) is 6.55. The van der Waals surface area contributed by atoms with Crippen molar-refractivity contribution in [3.05, 3.63) is 64.7 Å². The number of aliphatic hydroxyl groups is 1. The second-order valence-electron chi connectivity index (χ2n) is 8.69. The van der Waals surface area contributed by atoms with Crippen molar-refractivity contribution in [2.75, 3.05) is 0 Å². The minimum absolute atomic E-state index is 0.0604. The predicted octanol–water partition coefficient (Wildman–Crippen LogP) is 5.40. The molecule has 0 radical (unpaired) electrons. The molecule has 0 amide bonds. The summed E-state index contributed by atoms with van der Waals surface area (Å²) in [4.78, 5) is 12.8. The topological polar surface area (TPSA) is 66.8 Å². The van der Waals surface area contributed by atoms with Gasteiger partial charge in [-0.25, -0.2) is 4.79 Å². The van der Waals surface area contributed by atoms with Gasteiger partial charge in [0.15, 0.2) is 6.10 Å². The molecule has 0 heterocycles. The van der Waals surface area contributed by atoms with Crippen molar-refractivity contribution in [2.45, 2.75) is 57.7 Å². The van der Waals surface area contributed by atoms with E-state index in [1.165, 1.54) is 23.8 Å². The zero-order valence-electron chi connectivity index (χ0n) is 17.1. The molecule has 2 aromatic carbocycles. The van der Waals surface area contributed by atoms with Gasteiger partial charge < -0.3 is 14.9 Å². The van der Waals surface area contributed by atoms with Gasteiger partial charge in [0.05, 0.1) is 0 Å². The van der Waals surface area contributed by atoms with Crippen LogP contribution in [-0.2, 0) is 14.9 Å². The molecule has 1 fully saturated rings. The van der Waals surface area contributed by atoms with E-state index in [9.17, 15) is 15.0 Å². The molecule has 4 nitrogen and oxygen atoms in total. The van der Waals surface area contributed by atoms with Crippen LogP contribution in [0.4, 0.5) is 0 Å². The number of carbonyl (C=O) groups excluding carboxylic acids is 1. The lowest BCUT2D eigenvalue weighted by atomic mass is 9.64. The first kappa shape index (κ1) is 21.7. The van der Waals surface area contributed by atoms with Gasteiger partial charge in [-0.15, -0.1) is 0 Å². The zero-order valence-corrected chi connectivity index (χ0v) is 17.9. The number of rotatable bonds is 5. The summed E-state index contributed by atoms with van der Waals surface area (Å²) in [6.07, 6.45) is 0.886. The Labute approximate surface area is 177 Å². The third-order valence-electron chi connectivity index (χ3n) is 6.27. The summed E-state index contributed by atoms with van der Waals surface area (Å²) in [5.41, 5.74) is 1.08. The maximum Gasteiger partial charge on any atom is 0.340 e. The Morgan fingerprint density at radius 2 is 1.86 bits per heavy atom. The van der Waals surface area contributed by atoms with Crippen LogP contribution in [-0.4, -0.2) is 22.3 Å². The number of ether oxygens (including phenoxy) is 1. The van der Waals surface area contributed by atoms with Crippen LogP contribution in [0.15, 0.2) is 48.5 Å². The van der Waals surface area contributed by atoms with E-state index in [4.69, 9.17) is 16.3 Å². The molecule has 1 saturated carbocycles. The van der Waals surface area contributed by atoms with E-state index in [0.717, 1.165) is 19.3 Å². The Morgan fingerprint density at radius 3 is 2.55 bits per heavy atom. The maximum absolute atomic E-state index is 12.8. The molecule has 1 aliphatic carbocycles. The molecule has 4 atom stereocenters. The summed E-state index contributed by atoms with van der Waals surface area (Å²) >= 11 is 5.95. The van der Waals surface area contributed by atoms with Crippen LogP contribution in [0.2, 0.25) is 5.02 Å².